The second-order valence-electron chi connectivity index (χ2n) is 8.15. The molecule has 0 aromatic rings. The number of halogens is 1. The van der Waals surface area contributed by atoms with E-state index in [0.717, 1.165) is 29.6 Å². The normalized spacial score (nSPS) is 53.2. The van der Waals surface area contributed by atoms with Gasteiger partial charge in [-0.05, 0) is 74.5 Å². The van der Waals surface area contributed by atoms with Crippen LogP contribution in [0.3, 0.4) is 0 Å². The van der Waals surface area contributed by atoms with Crippen LogP contribution in [0.5, 0.6) is 0 Å². The monoisotopic (exact) mass is 264 g/mol. The van der Waals surface area contributed by atoms with Crippen LogP contribution >= 0.6 is 0 Å². The van der Waals surface area contributed by atoms with Crippen molar-refractivity contribution in [1.29, 1.82) is 0 Å². The molecule has 4 rings (SSSR count). The van der Waals surface area contributed by atoms with Crippen molar-refractivity contribution >= 4 is 0 Å². The van der Waals surface area contributed by atoms with E-state index in [1.165, 1.54) is 70.6 Å². The van der Waals surface area contributed by atoms with Crippen LogP contribution in [0.4, 0.5) is 4.39 Å². The fourth-order valence-corrected chi connectivity index (χ4v) is 6.86. The minimum Gasteiger partial charge on any atom is -0.250 e. The van der Waals surface area contributed by atoms with Crippen molar-refractivity contribution in [3.63, 3.8) is 0 Å². The van der Waals surface area contributed by atoms with Crippen molar-refractivity contribution < 1.29 is 4.39 Å². The SMILES string of the molecule is FC[C@@]12CCC[C@H]1[C@@H]1CCC3CCCC[C@@H]3[C@H]1CC2. The molecule has 0 aliphatic heterocycles. The molecule has 0 bridgehead atoms. The molecule has 1 heteroatoms. The van der Waals surface area contributed by atoms with E-state index in [2.05, 4.69) is 0 Å². The second kappa shape index (κ2) is 4.74. The third-order valence-corrected chi connectivity index (χ3v) is 7.67. The third kappa shape index (κ3) is 1.83. The molecule has 0 aromatic carbocycles. The lowest BCUT2D eigenvalue weighted by Gasteiger charge is -2.55. The first-order chi connectivity index (χ1) is 9.34. The number of alkyl halides is 1. The van der Waals surface area contributed by atoms with Gasteiger partial charge in [-0.25, -0.2) is 0 Å². The average molecular weight is 264 g/mol. The summed E-state index contributed by atoms with van der Waals surface area (Å²) in [6.07, 6.45) is 15.3. The molecule has 0 nitrogen and oxygen atoms in total. The zero-order chi connectivity index (χ0) is 12.9. The minimum absolute atomic E-state index is 0.0189. The summed E-state index contributed by atoms with van der Waals surface area (Å²) in [4.78, 5) is 0. The Morgan fingerprint density at radius 1 is 0.737 bits per heavy atom. The number of hydrogen-bond acceptors (Lipinski definition) is 0. The molecule has 0 radical (unpaired) electrons. The summed E-state index contributed by atoms with van der Waals surface area (Å²) >= 11 is 0. The average Bonchev–Trinajstić information content (AvgIpc) is 2.91. The topological polar surface area (TPSA) is 0 Å². The Balaban J connectivity index is 1.58. The molecule has 0 saturated heterocycles. The summed E-state index contributed by atoms with van der Waals surface area (Å²) < 4.78 is 13.7. The van der Waals surface area contributed by atoms with Crippen LogP contribution in [0, 0.1) is 35.0 Å². The Morgan fingerprint density at radius 2 is 1.63 bits per heavy atom. The maximum absolute atomic E-state index is 13.7. The van der Waals surface area contributed by atoms with E-state index in [0.29, 0.717) is 0 Å². The fraction of sp³-hybridized carbons (Fsp3) is 1.00. The molecule has 4 aliphatic rings. The zero-order valence-corrected chi connectivity index (χ0v) is 12.2. The van der Waals surface area contributed by atoms with Gasteiger partial charge in [0.05, 0.1) is 6.67 Å². The smallest absolute Gasteiger partial charge is 0.0953 e. The minimum atomic E-state index is -0.0189. The summed E-state index contributed by atoms with van der Waals surface area (Å²) in [7, 11) is 0. The van der Waals surface area contributed by atoms with Gasteiger partial charge in [0.15, 0.2) is 0 Å². The third-order valence-electron chi connectivity index (χ3n) is 7.67. The molecule has 0 spiro atoms. The summed E-state index contributed by atoms with van der Waals surface area (Å²) in [6.45, 7) is -0.0189. The van der Waals surface area contributed by atoms with E-state index >= 15 is 0 Å². The Kier molecular flexibility index (Phi) is 3.16. The molecular weight excluding hydrogens is 235 g/mol. The largest absolute Gasteiger partial charge is 0.250 e. The van der Waals surface area contributed by atoms with Crippen LogP contribution in [0.1, 0.15) is 70.6 Å². The lowest BCUT2D eigenvalue weighted by Crippen LogP contribution is -2.48. The van der Waals surface area contributed by atoms with Crippen molar-refractivity contribution in [3.05, 3.63) is 0 Å². The van der Waals surface area contributed by atoms with Crippen LogP contribution < -0.4 is 0 Å². The molecule has 0 heterocycles. The summed E-state index contributed by atoms with van der Waals surface area (Å²) in [5.74, 6) is 4.74. The van der Waals surface area contributed by atoms with Crippen molar-refractivity contribution in [2.75, 3.05) is 6.67 Å². The van der Waals surface area contributed by atoms with E-state index in [9.17, 15) is 4.39 Å². The standard InChI is InChI=1S/C18H29F/c19-12-18-10-3-6-17(18)16-8-7-13-4-1-2-5-14(13)15(16)9-11-18/h13-17H,1-12H2/t13?,14-,15+,16+,17-,18-/m0/s1. The van der Waals surface area contributed by atoms with E-state index in [1.54, 1.807) is 0 Å². The van der Waals surface area contributed by atoms with Gasteiger partial charge >= 0.3 is 0 Å². The predicted octanol–water partition coefficient (Wildman–Crippen LogP) is 5.37. The Hall–Kier alpha value is -0.0700. The molecule has 19 heavy (non-hydrogen) atoms. The van der Waals surface area contributed by atoms with Gasteiger partial charge in [0, 0.05) is 5.41 Å². The number of hydrogen-bond donors (Lipinski definition) is 0. The van der Waals surface area contributed by atoms with E-state index in [-0.39, 0.29) is 12.1 Å². The molecule has 108 valence electrons. The van der Waals surface area contributed by atoms with Gasteiger partial charge in [-0.1, -0.05) is 25.7 Å². The molecule has 0 amide bonds. The van der Waals surface area contributed by atoms with Crippen LogP contribution in [-0.4, -0.2) is 6.67 Å². The van der Waals surface area contributed by atoms with Crippen LogP contribution in [-0.2, 0) is 0 Å². The molecule has 1 unspecified atom stereocenters. The summed E-state index contributed by atoms with van der Waals surface area (Å²) in [5, 5.41) is 0. The van der Waals surface area contributed by atoms with Crippen molar-refractivity contribution in [2.24, 2.45) is 35.0 Å². The van der Waals surface area contributed by atoms with Gasteiger partial charge < -0.3 is 0 Å². The van der Waals surface area contributed by atoms with Crippen LogP contribution in [0.15, 0.2) is 0 Å². The highest BCUT2D eigenvalue weighted by atomic mass is 19.1. The van der Waals surface area contributed by atoms with Gasteiger partial charge in [-0.15, -0.1) is 0 Å². The highest BCUT2D eigenvalue weighted by Gasteiger charge is 2.54. The first-order valence-corrected chi connectivity index (χ1v) is 8.90. The summed E-state index contributed by atoms with van der Waals surface area (Å²) in [6, 6.07) is 0. The van der Waals surface area contributed by atoms with Crippen molar-refractivity contribution in [1.82, 2.24) is 0 Å². The molecule has 4 saturated carbocycles. The second-order valence-corrected chi connectivity index (χ2v) is 8.15. The van der Waals surface area contributed by atoms with E-state index in [4.69, 9.17) is 0 Å². The van der Waals surface area contributed by atoms with Gasteiger partial charge in [-0.3, -0.25) is 4.39 Å². The van der Waals surface area contributed by atoms with Gasteiger partial charge in [0.25, 0.3) is 0 Å². The molecule has 0 aromatic heterocycles. The first kappa shape index (κ1) is 12.7. The highest BCUT2D eigenvalue weighted by molar-refractivity contribution is 5.04. The van der Waals surface area contributed by atoms with Crippen molar-refractivity contribution in [2.45, 2.75) is 70.6 Å². The Bertz CT molecular complexity index is 339. The predicted molar refractivity (Wildman–Crippen MR) is 76.6 cm³/mol. The maximum atomic E-state index is 13.7. The van der Waals surface area contributed by atoms with Crippen LogP contribution in [0.25, 0.3) is 0 Å². The lowest BCUT2D eigenvalue weighted by atomic mass is 9.50. The van der Waals surface area contributed by atoms with E-state index < -0.39 is 0 Å². The van der Waals surface area contributed by atoms with Crippen LogP contribution in [0.2, 0.25) is 0 Å². The Labute approximate surface area is 117 Å². The molecule has 4 aliphatic carbocycles. The van der Waals surface area contributed by atoms with Gasteiger partial charge in [0.1, 0.15) is 0 Å². The lowest BCUT2D eigenvalue weighted by molar-refractivity contribution is -0.0636. The molecule has 6 atom stereocenters. The molecular formula is C18H29F. The highest BCUT2D eigenvalue weighted by Crippen LogP contribution is 2.62. The quantitative estimate of drug-likeness (QED) is 0.597. The zero-order valence-electron chi connectivity index (χ0n) is 12.2. The van der Waals surface area contributed by atoms with E-state index in [1.807, 2.05) is 0 Å². The fourth-order valence-electron chi connectivity index (χ4n) is 6.86. The molecule has 4 fully saturated rings. The number of rotatable bonds is 1. The van der Waals surface area contributed by atoms with Gasteiger partial charge in [0.2, 0.25) is 0 Å². The number of fused-ring (bicyclic) bond motifs is 5. The van der Waals surface area contributed by atoms with Crippen molar-refractivity contribution in [3.8, 4) is 0 Å². The first-order valence-electron chi connectivity index (χ1n) is 8.90. The van der Waals surface area contributed by atoms with Gasteiger partial charge in [-0.2, -0.15) is 0 Å². The Morgan fingerprint density at radius 3 is 2.53 bits per heavy atom. The maximum Gasteiger partial charge on any atom is 0.0953 e. The molecule has 0 N–H and O–H groups in total. The summed E-state index contributed by atoms with van der Waals surface area (Å²) in [5.41, 5.74) is 0.142.